The molecule has 0 aliphatic rings. The summed E-state index contributed by atoms with van der Waals surface area (Å²) in [7, 11) is -3.58. The maximum Gasteiger partial charge on any atom is 0.240 e. The van der Waals surface area contributed by atoms with Crippen LogP contribution in [-0.2, 0) is 15.6 Å². The normalized spacial score (nSPS) is 12.0. The van der Waals surface area contributed by atoms with E-state index in [2.05, 4.69) is 35.8 Å². The lowest BCUT2D eigenvalue weighted by Gasteiger charge is -2.18. The Kier molecular flexibility index (Phi) is 7.14. The van der Waals surface area contributed by atoms with Crippen molar-refractivity contribution in [2.45, 2.75) is 38.1 Å². The van der Waals surface area contributed by atoms with Crippen LogP contribution < -0.4 is 10.0 Å². The predicted molar refractivity (Wildman–Crippen MR) is 142 cm³/mol. The molecule has 4 rings (SSSR count). The first kappa shape index (κ1) is 25.4. The van der Waals surface area contributed by atoms with Crippen molar-refractivity contribution < 1.29 is 13.5 Å². The van der Waals surface area contributed by atoms with E-state index in [9.17, 15) is 13.5 Å². The molecule has 9 heteroatoms. The molecule has 0 spiro atoms. The molecule has 0 saturated carbocycles. The van der Waals surface area contributed by atoms with Gasteiger partial charge in [0.2, 0.25) is 10.0 Å². The van der Waals surface area contributed by atoms with Crippen molar-refractivity contribution in [3.8, 4) is 28.1 Å². The van der Waals surface area contributed by atoms with Gasteiger partial charge in [-0.2, -0.15) is 5.10 Å². The van der Waals surface area contributed by atoms with Gasteiger partial charge in [0.15, 0.2) is 0 Å². The van der Waals surface area contributed by atoms with Crippen LogP contribution in [0.15, 0.2) is 78.0 Å². The molecule has 188 valence electrons. The van der Waals surface area contributed by atoms with Gasteiger partial charge in [0.05, 0.1) is 10.4 Å². The molecule has 0 unspecified atom stereocenters. The van der Waals surface area contributed by atoms with Crippen molar-refractivity contribution >= 4 is 15.8 Å². The van der Waals surface area contributed by atoms with Gasteiger partial charge in [0.25, 0.3) is 0 Å². The molecule has 0 radical (unpaired) electrons. The minimum Gasteiger partial charge on any atom is -0.508 e. The second-order valence-corrected chi connectivity index (χ2v) is 11.4. The highest BCUT2D eigenvalue weighted by Crippen LogP contribution is 2.34. The van der Waals surface area contributed by atoms with Crippen LogP contribution in [0.3, 0.4) is 0 Å². The van der Waals surface area contributed by atoms with Crippen molar-refractivity contribution in [2.24, 2.45) is 0 Å². The average molecular weight is 506 g/mol. The molecule has 8 nitrogen and oxygen atoms in total. The number of benzene rings is 2. The summed E-state index contributed by atoms with van der Waals surface area (Å²) >= 11 is 0. The zero-order valence-electron chi connectivity index (χ0n) is 20.9. The lowest BCUT2D eigenvalue weighted by atomic mass is 10.0. The average Bonchev–Trinajstić information content (AvgIpc) is 3.29. The molecule has 0 aliphatic carbocycles. The summed E-state index contributed by atoms with van der Waals surface area (Å²) in [5, 5.41) is 18.0. The van der Waals surface area contributed by atoms with Crippen molar-refractivity contribution in [2.75, 3.05) is 18.4 Å². The summed E-state index contributed by atoms with van der Waals surface area (Å²) in [5.41, 5.74) is 4.14. The third-order valence-electron chi connectivity index (χ3n) is 5.65. The number of anilines is 1. The Labute approximate surface area is 212 Å². The molecular weight excluding hydrogens is 474 g/mol. The predicted octanol–water partition coefficient (Wildman–Crippen LogP) is 4.77. The van der Waals surface area contributed by atoms with Crippen molar-refractivity contribution in [3.05, 3.63) is 78.6 Å². The number of aryl methyl sites for hydroxylation is 1. The molecule has 3 N–H and O–H groups in total. The van der Waals surface area contributed by atoms with Gasteiger partial charge in [-0.15, -0.1) is 0 Å². The van der Waals surface area contributed by atoms with Gasteiger partial charge >= 0.3 is 0 Å². The molecule has 0 fully saturated rings. The molecule has 0 saturated heterocycles. The van der Waals surface area contributed by atoms with Crippen LogP contribution in [0.5, 0.6) is 5.75 Å². The van der Waals surface area contributed by atoms with Gasteiger partial charge in [0.1, 0.15) is 17.3 Å². The number of pyridine rings is 1. The number of nitrogens with one attached hydrogen (secondary N) is 2. The molecule has 36 heavy (non-hydrogen) atoms. The molecule has 0 atom stereocenters. The summed E-state index contributed by atoms with van der Waals surface area (Å²) in [4.78, 5) is 4.62. The van der Waals surface area contributed by atoms with Crippen LogP contribution in [-0.4, -0.2) is 41.4 Å². The molecule has 2 aromatic carbocycles. The number of aromatic nitrogens is 3. The number of phenolic OH excluding ortho intramolecular Hbond substituents is 1. The van der Waals surface area contributed by atoms with Gasteiger partial charge in [-0.1, -0.05) is 29.8 Å². The second kappa shape index (κ2) is 10.1. The van der Waals surface area contributed by atoms with E-state index in [-0.39, 0.29) is 22.7 Å². The number of nitrogens with zero attached hydrogens (tertiary/aromatic N) is 3. The Hall–Kier alpha value is -3.69. The highest BCUT2D eigenvalue weighted by molar-refractivity contribution is 7.89. The number of hydrogen-bond donors (Lipinski definition) is 3. The maximum atomic E-state index is 12.5. The first-order chi connectivity index (χ1) is 17.0. The van der Waals surface area contributed by atoms with Gasteiger partial charge in [-0.3, -0.25) is 4.68 Å². The van der Waals surface area contributed by atoms with Crippen LogP contribution >= 0.6 is 0 Å². The zero-order valence-corrected chi connectivity index (χ0v) is 21.7. The third kappa shape index (κ3) is 5.92. The van der Waals surface area contributed by atoms with Gasteiger partial charge in [-0.05, 0) is 69.7 Å². The molecule has 0 amide bonds. The first-order valence-electron chi connectivity index (χ1n) is 11.7. The highest BCUT2D eigenvalue weighted by atomic mass is 32.2. The fourth-order valence-electron chi connectivity index (χ4n) is 3.67. The lowest BCUT2D eigenvalue weighted by Crippen LogP contribution is -2.29. The van der Waals surface area contributed by atoms with E-state index in [0.717, 1.165) is 27.9 Å². The Balaban J connectivity index is 1.52. The standard InChI is InChI=1S/C27H31N5O3S/c1-19-8-10-23(11-9-19)36(34,35)30-15-14-29-25-17-20(12-13-28-25)24-18-32(27(2,3)4)31-26(24)21-6-5-7-22(33)16-21/h5-13,16-18,30,33H,14-15H2,1-4H3,(H,28,29). The van der Waals surface area contributed by atoms with E-state index in [1.807, 2.05) is 36.0 Å². The second-order valence-electron chi connectivity index (χ2n) is 9.62. The molecular formula is C27H31N5O3S. The van der Waals surface area contributed by atoms with E-state index in [4.69, 9.17) is 5.10 Å². The van der Waals surface area contributed by atoms with Crippen molar-refractivity contribution in [1.29, 1.82) is 0 Å². The lowest BCUT2D eigenvalue weighted by molar-refractivity contribution is 0.356. The smallest absolute Gasteiger partial charge is 0.240 e. The summed E-state index contributed by atoms with van der Waals surface area (Å²) in [6.07, 6.45) is 3.70. The zero-order chi connectivity index (χ0) is 25.9. The Morgan fingerprint density at radius 3 is 2.42 bits per heavy atom. The van der Waals surface area contributed by atoms with Gasteiger partial charge < -0.3 is 10.4 Å². The van der Waals surface area contributed by atoms with Crippen LogP contribution in [0, 0.1) is 6.92 Å². The van der Waals surface area contributed by atoms with Crippen LogP contribution in [0.25, 0.3) is 22.4 Å². The summed E-state index contributed by atoms with van der Waals surface area (Å²) in [6, 6.07) is 17.6. The van der Waals surface area contributed by atoms with E-state index in [1.165, 1.54) is 0 Å². The molecule has 2 aromatic heterocycles. The first-order valence-corrected chi connectivity index (χ1v) is 13.2. The van der Waals surface area contributed by atoms with E-state index >= 15 is 0 Å². The maximum absolute atomic E-state index is 12.5. The number of phenols is 1. The summed E-state index contributed by atoms with van der Waals surface area (Å²) < 4.78 is 29.5. The largest absolute Gasteiger partial charge is 0.508 e. The van der Waals surface area contributed by atoms with E-state index in [0.29, 0.717) is 12.4 Å². The van der Waals surface area contributed by atoms with E-state index in [1.54, 1.807) is 48.7 Å². The van der Waals surface area contributed by atoms with Gasteiger partial charge in [-0.25, -0.2) is 18.1 Å². The minimum absolute atomic E-state index is 0.175. The number of aromatic hydroxyl groups is 1. The van der Waals surface area contributed by atoms with Crippen LogP contribution in [0.2, 0.25) is 0 Å². The third-order valence-corrected chi connectivity index (χ3v) is 7.12. The molecule has 2 heterocycles. The topological polar surface area (TPSA) is 109 Å². The van der Waals surface area contributed by atoms with Crippen LogP contribution in [0.1, 0.15) is 26.3 Å². The Morgan fingerprint density at radius 1 is 0.972 bits per heavy atom. The van der Waals surface area contributed by atoms with Crippen molar-refractivity contribution in [3.63, 3.8) is 0 Å². The Bertz CT molecular complexity index is 1460. The fourth-order valence-corrected chi connectivity index (χ4v) is 4.70. The number of hydrogen-bond acceptors (Lipinski definition) is 6. The van der Waals surface area contributed by atoms with Crippen LogP contribution in [0.4, 0.5) is 5.82 Å². The monoisotopic (exact) mass is 505 g/mol. The number of sulfonamides is 1. The SMILES string of the molecule is Cc1ccc(S(=O)(=O)NCCNc2cc(-c3cn(C(C)(C)C)nc3-c3cccc(O)c3)ccn2)cc1. The Morgan fingerprint density at radius 2 is 1.72 bits per heavy atom. The quantitative estimate of drug-likeness (QED) is 0.298. The summed E-state index contributed by atoms with van der Waals surface area (Å²) in [5.74, 6) is 0.793. The molecule has 0 bridgehead atoms. The minimum atomic E-state index is -3.58. The summed E-state index contributed by atoms with van der Waals surface area (Å²) in [6.45, 7) is 8.71. The number of rotatable bonds is 8. The van der Waals surface area contributed by atoms with E-state index < -0.39 is 10.0 Å². The van der Waals surface area contributed by atoms with Gasteiger partial charge in [0, 0.05) is 36.6 Å². The molecule has 0 aliphatic heterocycles. The highest BCUT2D eigenvalue weighted by Gasteiger charge is 2.20. The fraction of sp³-hybridized carbons (Fsp3) is 0.259. The molecule has 4 aromatic rings. The van der Waals surface area contributed by atoms with Crippen molar-refractivity contribution in [1.82, 2.24) is 19.5 Å².